The molecule has 0 aliphatic carbocycles. The van der Waals surface area contributed by atoms with Gasteiger partial charge in [-0.2, -0.15) is 0 Å². The van der Waals surface area contributed by atoms with E-state index >= 15 is 0 Å². The van der Waals surface area contributed by atoms with Crippen molar-refractivity contribution in [3.8, 4) is 0 Å². The first kappa shape index (κ1) is 19.2. The van der Waals surface area contributed by atoms with Crippen LogP contribution in [0.25, 0.3) is 10.8 Å². The van der Waals surface area contributed by atoms with Gasteiger partial charge in [0.05, 0.1) is 12.0 Å². The first-order valence-electron chi connectivity index (χ1n) is 8.85. The Balaban J connectivity index is 1.58. The minimum absolute atomic E-state index is 0.0944. The van der Waals surface area contributed by atoms with Crippen LogP contribution in [0.15, 0.2) is 65.3 Å². The topological polar surface area (TPSA) is 88.9 Å². The van der Waals surface area contributed by atoms with Gasteiger partial charge < -0.3 is 19.4 Å². The number of amides is 2. The number of esters is 1. The molecule has 0 aliphatic heterocycles. The Morgan fingerprint density at radius 1 is 1.04 bits per heavy atom. The van der Waals surface area contributed by atoms with E-state index in [-0.39, 0.29) is 18.2 Å². The van der Waals surface area contributed by atoms with Crippen molar-refractivity contribution < 1.29 is 23.5 Å². The zero-order valence-corrected chi connectivity index (χ0v) is 15.4. The molecule has 0 unspecified atom stereocenters. The van der Waals surface area contributed by atoms with Crippen LogP contribution in [-0.4, -0.2) is 37.5 Å². The molecule has 28 heavy (non-hydrogen) atoms. The standard InChI is InChI=1S/C21H20N2O5/c1-2-23(17-10-5-8-15-7-3-4-9-16(15)17)19(24)14-28-20(25)13-22-21(26)18-11-6-12-27-18/h3-12H,2,13-14H2,1H3,(H,22,26). The van der Waals surface area contributed by atoms with Crippen molar-refractivity contribution in [2.24, 2.45) is 0 Å². The van der Waals surface area contributed by atoms with Crippen LogP contribution < -0.4 is 10.2 Å². The van der Waals surface area contributed by atoms with E-state index in [9.17, 15) is 14.4 Å². The fraction of sp³-hybridized carbons (Fsp3) is 0.190. The van der Waals surface area contributed by atoms with Crippen LogP contribution in [0, 0.1) is 0 Å². The quantitative estimate of drug-likeness (QED) is 0.637. The van der Waals surface area contributed by atoms with Crippen LogP contribution in [0.5, 0.6) is 0 Å². The third-order valence-electron chi connectivity index (χ3n) is 4.17. The first-order chi connectivity index (χ1) is 13.6. The summed E-state index contributed by atoms with van der Waals surface area (Å²) in [7, 11) is 0. The fourth-order valence-corrected chi connectivity index (χ4v) is 2.84. The summed E-state index contributed by atoms with van der Waals surface area (Å²) < 4.78 is 9.94. The van der Waals surface area contributed by atoms with Crippen molar-refractivity contribution in [1.29, 1.82) is 0 Å². The van der Waals surface area contributed by atoms with Crippen molar-refractivity contribution in [2.45, 2.75) is 6.92 Å². The van der Waals surface area contributed by atoms with Crippen molar-refractivity contribution in [3.05, 3.63) is 66.6 Å². The number of rotatable bonds is 7. The number of likely N-dealkylation sites (N-methyl/N-ethyl adjacent to an activating group) is 1. The van der Waals surface area contributed by atoms with Crippen LogP contribution in [0.1, 0.15) is 17.5 Å². The number of fused-ring (bicyclic) bond motifs is 1. The minimum Gasteiger partial charge on any atom is -0.459 e. The Kier molecular flexibility index (Phi) is 6.06. The number of benzene rings is 2. The lowest BCUT2D eigenvalue weighted by molar-refractivity contribution is -0.146. The molecule has 2 amide bonds. The highest BCUT2D eigenvalue weighted by Crippen LogP contribution is 2.26. The summed E-state index contributed by atoms with van der Waals surface area (Å²) >= 11 is 0. The summed E-state index contributed by atoms with van der Waals surface area (Å²) in [4.78, 5) is 37.7. The van der Waals surface area contributed by atoms with Crippen molar-refractivity contribution >= 4 is 34.2 Å². The van der Waals surface area contributed by atoms with Gasteiger partial charge in [-0.1, -0.05) is 36.4 Å². The van der Waals surface area contributed by atoms with E-state index in [0.29, 0.717) is 6.54 Å². The summed E-state index contributed by atoms with van der Waals surface area (Å²) in [6.45, 7) is 1.52. The van der Waals surface area contributed by atoms with Gasteiger partial charge in [-0.15, -0.1) is 0 Å². The maximum absolute atomic E-state index is 12.6. The average Bonchev–Trinajstić information content (AvgIpc) is 3.26. The van der Waals surface area contributed by atoms with Gasteiger partial charge in [0, 0.05) is 11.9 Å². The molecule has 0 radical (unpaired) electrons. The molecule has 7 nitrogen and oxygen atoms in total. The molecule has 1 aromatic heterocycles. The Morgan fingerprint density at radius 3 is 2.57 bits per heavy atom. The van der Waals surface area contributed by atoms with Gasteiger partial charge in [0.15, 0.2) is 12.4 Å². The molecular weight excluding hydrogens is 360 g/mol. The number of carbonyl (C=O) groups is 3. The number of carbonyl (C=O) groups excluding carboxylic acids is 3. The molecule has 144 valence electrons. The van der Waals surface area contributed by atoms with Gasteiger partial charge in [0.25, 0.3) is 11.8 Å². The van der Waals surface area contributed by atoms with Crippen LogP contribution in [0.3, 0.4) is 0 Å². The van der Waals surface area contributed by atoms with Crippen molar-refractivity contribution in [1.82, 2.24) is 5.32 Å². The van der Waals surface area contributed by atoms with Crippen LogP contribution >= 0.6 is 0 Å². The molecule has 3 aromatic rings. The molecule has 0 atom stereocenters. The third kappa shape index (κ3) is 4.37. The molecule has 7 heteroatoms. The van der Waals surface area contributed by atoms with Crippen LogP contribution in [-0.2, 0) is 14.3 Å². The number of nitrogens with one attached hydrogen (secondary N) is 1. The lowest BCUT2D eigenvalue weighted by Crippen LogP contribution is -2.36. The Hall–Kier alpha value is -3.61. The largest absolute Gasteiger partial charge is 0.459 e. The summed E-state index contributed by atoms with van der Waals surface area (Å²) in [6, 6.07) is 16.5. The van der Waals surface area contributed by atoms with E-state index in [2.05, 4.69) is 5.32 Å². The molecule has 0 saturated heterocycles. The van der Waals surface area contributed by atoms with Gasteiger partial charge >= 0.3 is 5.97 Å². The Morgan fingerprint density at radius 2 is 1.82 bits per heavy atom. The number of anilines is 1. The second-order valence-corrected chi connectivity index (χ2v) is 5.96. The summed E-state index contributed by atoms with van der Waals surface area (Å²) in [5, 5.41) is 4.33. The molecule has 1 heterocycles. The molecule has 1 N–H and O–H groups in total. The van der Waals surface area contributed by atoms with Gasteiger partial charge in [-0.05, 0) is 30.5 Å². The molecule has 0 bridgehead atoms. The fourth-order valence-electron chi connectivity index (χ4n) is 2.84. The third-order valence-corrected chi connectivity index (χ3v) is 4.17. The second-order valence-electron chi connectivity index (χ2n) is 5.96. The van der Waals surface area contributed by atoms with Crippen molar-refractivity contribution in [2.75, 3.05) is 24.6 Å². The zero-order chi connectivity index (χ0) is 19.9. The SMILES string of the molecule is CCN(C(=O)COC(=O)CNC(=O)c1ccco1)c1cccc2ccccc12. The summed E-state index contributed by atoms with van der Waals surface area (Å²) in [5.74, 6) is -1.48. The first-order valence-corrected chi connectivity index (χ1v) is 8.85. The highest BCUT2D eigenvalue weighted by Gasteiger charge is 2.18. The predicted octanol–water partition coefficient (Wildman–Crippen LogP) is 2.76. The Labute approximate surface area is 161 Å². The predicted molar refractivity (Wildman–Crippen MR) is 104 cm³/mol. The molecule has 3 rings (SSSR count). The van der Waals surface area contributed by atoms with E-state index in [0.717, 1.165) is 16.5 Å². The number of hydrogen-bond acceptors (Lipinski definition) is 5. The van der Waals surface area contributed by atoms with Gasteiger partial charge in [0.1, 0.15) is 6.54 Å². The maximum atomic E-state index is 12.6. The number of ether oxygens (including phenoxy) is 1. The minimum atomic E-state index is -0.706. The maximum Gasteiger partial charge on any atom is 0.325 e. The normalized spacial score (nSPS) is 10.5. The Bertz CT molecular complexity index is 976. The van der Waals surface area contributed by atoms with E-state index in [4.69, 9.17) is 9.15 Å². The summed E-state index contributed by atoms with van der Waals surface area (Å²) in [6.07, 6.45) is 1.36. The molecule has 0 spiro atoms. The lowest BCUT2D eigenvalue weighted by Gasteiger charge is -2.22. The highest BCUT2D eigenvalue weighted by atomic mass is 16.5. The van der Waals surface area contributed by atoms with E-state index in [1.807, 2.05) is 49.4 Å². The van der Waals surface area contributed by atoms with Crippen LogP contribution in [0.4, 0.5) is 5.69 Å². The van der Waals surface area contributed by atoms with Gasteiger partial charge in [-0.25, -0.2) is 0 Å². The highest BCUT2D eigenvalue weighted by molar-refractivity contribution is 6.04. The zero-order valence-electron chi connectivity index (χ0n) is 15.4. The van der Waals surface area contributed by atoms with Gasteiger partial charge in [-0.3, -0.25) is 14.4 Å². The number of furan rings is 1. The van der Waals surface area contributed by atoms with Gasteiger partial charge in [0.2, 0.25) is 0 Å². The molecule has 0 fully saturated rings. The monoisotopic (exact) mass is 380 g/mol. The molecular formula is C21H20N2O5. The number of nitrogens with zero attached hydrogens (tertiary/aromatic N) is 1. The van der Waals surface area contributed by atoms with Crippen molar-refractivity contribution in [3.63, 3.8) is 0 Å². The van der Waals surface area contributed by atoms with E-state index in [1.165, 1.54) is 12.3 Å². The van der Waals surface area contributed by atoms with E-state index in [1.54, 1.807) is 11.0 Å². The number of hydrogen-bond donors (Lipinski definition) is 1. The lowest BCUT2D eigenvalue weighted by atomic mass is 10.1. The molecule has 2 aromatic carbocycles. The molecule has 0 aliphatic rings. The summed E-state index contributed by atoms with van der Waals surface area (Å²) in [5.41, 5.74) is 0.757. The second kappa shape index (κ2) is 8.85. The average molecular weight is 380 g/mol. The van der Waals surface area contributed by atoms with Crippen LogP contribution in [0.2, 0.25) is 0 Å². The van der Waals surface area contributed by atoms with E-state index < -0.39 is 18.5 Å². The molecule has 0 saturated carbocycles. The smallest absolute Gasteiger partial charge is 0.325 e.